The third kappa shape index (κ3) is 4.90. The van der Waals surface area contributed by atoms with Crippen molar-refractivity contribution in [2.75, 3.05) is 51.1 Å². The molecule has 0 saturated carbocycles. The van der Waals surface area contributed by atoms with Crippen LogP contribution in [0.1, 0.15) is 18.4 Å². The zero-order valence-electron chi connectivity index (χ0n) is 16.5. The fourth-order valence-electron chi connectivity index (χ4n) is 3.48. The number of likely N-dealkylation sites (tertiary alicyclic amines) is 1. The number of rotatable bonds is 6. The Morgan fingerprint density at radius 1 is 1.26 bits per heavy atom. The predicted octanol–water partition coefficient (Wildman–Crippen LogP) is 3.41. The van der Waals surface area contributed by atoms with Gasteiger partial charge in [-0.2, -0.15) is 4.98 Å². The first-order valence-corrected chi connectivity index (χ1v) is 10.0. The van der Waals surface area contributed by atoms with Crippen LogP contribution in [0.5, 0.6) is 5.75 Å². The maximum atomic E-state index is 5.33. The summed E-state index contributed by atoms with van der Waals surface area (Å²) < 4.78 is 6.33. The topological polar surface area (TPSA) is 44.7 Å². The first kappa shape index (κ1) is 19.9. The van der Waals surface area contributed by atoms with Gasteiger partial charge in [-0.15, -0.1) is 0 Å². The van der Waals surface area contributed by atoms with Gasteiger partial charge in [-0.1, -0.05) is 6.07 Å². The molecule has 0 radical (unpaired) electrons. The maximum absolute atomic E-state index is 5.33. The molecule has 0 spiro atoms. The molecule has 2 heterocycles. The van der Waals surface area contributed by atoms with E-state index < -0.39 is 0 Å². The number of benzene rings is 1. The Morgan fingerprint density at radius 3 is 2.78 bits per heavy atom. The molecule has 1 fully saturated rings. The molecular weight excluding hydrogens is 406 g/mol. The minimum absolute atomic E-state index is 0.415. The van der Waals surface area contributed by atoms with Crippen LogP contribution >= 0.6 is 15.9 Å². The van der Waals surface area contributed by atoms with Crippen molar-refractivity contribution in [2.24, 2.45) is 0 Å². The van der Waals surface area contributed by atoms with Gasteiger partial charge in [0.2, 0.25) is 5.95 Å². The summed E-state index contributed by atoms with van der Waals surface area (Å²) in [6, 6.07) is 8.66. The van der Waals surface area contributed by atoms with Crippen molar-refractivity contribution >= 4 is 27.7 Å². The van der Waals surface area contributed by atoms with Crippen LogP contribution in [-0.2, 0) is 6.54 Å². The van der Waals surface area contributed by atoms with E-state index in [1.165, 1.54) is 12.0 Å². The van der Waals surface area contributed by atoms with Gasteiger partial charge in [-0.25, -0.2) is 4.98 Å². The van der Waals surface area contributed by atoms with Gasteiger partial charge in [0.25, 0.3) is 0 Å². The third-order valence-corrected chi connectivity index (χ3v) is 5.67. The lowest BCUT2D eigenvalue weighted by Gasteiger charge is -2.37. The summed E-state index contributed by atoms with van der Waals surface area (Å²) in [6.45, 7) is 3.06. The molecule has 1 unspecified atom stereocenters. The average Bonchev–Trinajstić information content (AvgIpc) is 2.68. The SMILES string of the molecule is COc1ccc(CN2CCCC(N(C)c3nccc(N(C)C)n3)C2)cc1Br. The molecule has 27 heavy (non-hydrogen) atoms. The Labute approximate surface area is 170 Å². The van der Waals surface area contributed by atoms with Crippen LogP contribution in [0.15, 0.2) is 34.9 Å². The number of likely N-dealkylation sites (N-methyl/N-ethyl adjacent to an activating group) is 1. The Kier molecular flexibility index (Phi) is 6.55. The van der Waals surface area contributed by atoms with E-state index in [1.54, 1.807) is 7.11 Å². The second-order valence-corrected chi connectivity index (χ2v) is 8.07. The molecule has 1 aliphatic rings. The van der Waals surface area contributed by atoms with Crippen molar-refractivity contribution in [1.82, 2.24) is 14.9 Å². The summed E-state index contributed by atoms with van der Waals surface area (Å²) in [6.07, 6.45) is 4.18. The summed E-state index contributed by atoms with van der Waals surface area (Å²) in [5.41, 5.74) is 1.29. The number of methoxy groups -OCH3 is 1. The zero-order valence-corrected chi connectivity index (χ0v) is 18.1. The second-order valence-electron chi connectivity index (χ2n) is 7.22. The van der Waals surface area contributed by atoms with Gasteiger partial charge in [0.05, 0.1) is 11.6 Å². The number of aromatic nitrogens is 2. The van der Waals surface area contributed by atoms with Crippen molar-refractivity contribution in [1.29, 1.82) is 0 Å². The predicted molar refractivity (Wildman–Crippen MR) is 114 cm³/mol. The summed E-state index contributed by atoms with van der Waals surface area (Å²) in [5, 5.41) is 0. The van der Waals surface area contributed by atoms with Gasteiger partial charge < -0.3 is 14.5 Å². The Hall–Kier alpha value is -1.86. The number of halogens is 1. The highest BCUT2D eigenvalue weighted by atomic mass is 79.9. The molecule has 1 aliphatic heterocycles. The summed E-state index contributed by atoms with van der Waals surface area (Å²) >= 11 is 3.58. The molecule has 7 heteroatoms. The number of piperidine rings is 1. The third-order valence-electron chi connectivity index (χ3n) is 5.05. The second kappa shape index (κ2) is 8.89. The normalized spacial score (nSPS) is 17.6. The van der Waals surface area contributed by atoms with Gasteiger partial charge in [-0.3, -0.25) is 4.90 Å². The summed E-state index contributed by atoms with van der Waals surface area (Å²) in [4.78, 5) is 15.9. The molecule has 0 bridgehead atoms. The molecule has 0 N–H and O–H groups in total. The van der Waals surface area contributed by atoms with Gasteiger partial charge in [-0.05, 0) is 59.1 Å². The van der Waals surface area contributed by atoms with Crippen LogP contribution in [0.25, 0.3) is 0 Å². The first-order valence-electron chi connectivity index (χ1n) is 9.26. The molecule has 146 valence electrons. The van der Waals surface area contributed by atoms with Crippen molar-refractivity contribution in [3.05, 3.63) is 40.5 Å². The van der Waals surface area contributed by atoms with Gasteiger partial charge >= 0.3 is 0 Å². The van der Waals surface area contributed by atoms with Crippen LogP contribution in [0.4, 0.5) is 11.8 Å². The number of hydrogen-bond donors (Lipinski definition) is 0. The van der Waals surface area contributed by atoms with Gasteiger partial charge in [0, 0.05) is 46.5 Å². The Balaban J connectivity index is 1.66. The van der Waals surface area contributed by atoms with E-state index in [0.717, 1.165) is 48.0 Å². The highest BCUT2D eigenvalue weighted by Gasteiger charge is 2.25. The van der Waals surface area contributed by atoms with Crippen LogP contribution < -0.4 is 14.5 Å². The molecule has 3 rings (SSSR count). The zero-order chi connectivity index (χ0) is 19.4. The number of nitrogens with zero attached hydrogens (tertiary/aromatic N) is 5. The van der Waals surface area contributed by atoms with Crippen molar-refractivity contribution in [2.45, 2.75) is 25.4 Å². The first-order chi connectivity index (χ1) is 13.0. The molecule has 1 atom stereocenters. The fourth-order valence-corrected chi connectivity index (χ4v) is 4.07. The lowest BCUT2D eigenvalue weighted by atomic mass is 10.0. The minimum atomic E-state index is 0.415. The summed E-state index contributed by atoms with van der Waals surface area (Å²) in [5.74, 6) is 2.59. The van der Waals surface area contributed by atoms with E-state index in [1.807, 2.05) is 37.3 Å². The van der Waals surface area contributed by atoms with E-state index in [4.69, 9.17) is 4.74 Å². The Bertz CT molecular complexity index is 770. The van der Waals surface area contributed by atoms with E-state index in [2.05, 4.69) is 54.9 Å². The van der Waals surface area contributed by atoms with Crippen LogP contribution in [0, 0.1) is 0 Å². The lowest BCUT2D eigenvalue weighted by molar-refractivity contribution is 0.198. The van der Waals surface area contributed by atoms with E-state index in [9.17, 15) is 0 Å². The highest BCUT2D eigenvalue weighted by Crippen LogP contribution is 2.27. The van der Waals surface area contributed by atoms with Gasteiger partial charge in [0.15, 0.2) is 0 Å². The number of hydrogen-bond acceptors (Lipinski definition) is 6. The molecule has 2 aromatic rings. The van der Waals surface area contributed by atoms with Crippen LogP contribution in [0.3, 0.4) is 0 Å². The monoisotopic (exact) mass is 433 g/mol. The average molecular weight is 434 g/mol. The molecule has 6 nitrogen and oxygen atoms in total. The van der Waals surface area contributed by atoms with E-state index in [-0.39, 0.29) is 0 Å². The Morgan fingerprint density at radius 2 is 2.07 bits per heavy atom. The van der Waals surface area contributed by atoms with Crippen LogP contribution in [0.2, 0.25) is 0 Å². The standard InChI is InChI=1S/C20H28BrN5O/c1-24(2)19-9-10-22-20(23-19)25(3)16-6-5-11-26(14-16)13-15-7-8-18(27-4)17(21)12-15/h7-10,12,16H,5-6,11,13-14H2,1-4H3. The smallest absolute Gasteiger partial charge is 0.227 e. The molecule has 1 aromatic carbocycles. The molecule has 1 saturated heterocycles. The largest absolute Gasteiger partial charge is 0.496 e. The lowest BCUT2D eigenvalue weighted by Crippen LogP contribution is -2.46. The van der Waals surface area contributed by atoms with Crippen molar-refractivity contribution in [3.8, 4) is 5.75 Å². The molecule has 0 amide bonds. The fraction of sp³-hybridized carbons (Fsp3) is 0.500. The molecule has 1 aromatic heterocycles. The van der Waals surface area contributed by atoms with Crippen molar-refractivity contribution in [3.63, 3.8) is 0 Å². The van der Waals surface area contributed by atoms with E-state index in [0.29, 0.717) is 6.04 Å². The molecular formula is C20H28BrN5O. The van der Waals surface area contributed by atoms with Crippen molar-refractivity contribution < 1.29 is 4.74 Å². The van der Waals surface area contributed by atoms with Gasteiger partial charge in [0.1, 0.15) is 11.6 Å². The number of anilines is 2. The van der Waals surface area contributed by atoms with E-state index >= 15 is 0 Å². The molecule has 0 aliphatic carbocycles. The summed E-state index contributed by atoms with van der Waals surface area (Å²) in [7, 11) is 7.80. The quantitative estimate of drug-likeness (QED) is 0.695. The highest BCUT2D eigenvalue weighted by molar-refractivity contribution is 9.10. The maximum Gasteiger partial charge on any atom is 0.227 e. The van der Waals surface area contributed by atoms with Crippen LogP contribution in [-0.4, -0.2) is 62.3 Å². The number of ether oxygens (including phenoxy) is 1. The minimum Gasteiger partial charge on any atom is -0.496 e.